The van der Waals surface area contributed by atoms with Crippen molar-refractivity contribution in [3.05, 3.63) is 65.0 Å². The molecule has 2 amide bonds. The van der Waals surface area contributed by atoms with Gasteiger partial charge in [0, 0.05) is 16.5 Å². The van der Waals surface area contributed by atoms with Crippen molar-refractivity contribution < 1.29 is 14.3 Å². The highest BCUT2D eigenvalue weighted by molar-refractivity contribution is 7.16. The number of carbonyl (C=O) groups excluding carboxylic acids is 2. The van der Waals surface area contributed by atoms with Gasteiger partial charge in [0.15, 0.2) is 11.7 Å². The number of thiazole rings is 1. The Morgan fingerprint density at radius 2 is 2.07 bits per heavy atom. The number of benzene rings is 2. The summed E-state index contributed by atoms with van der Waals surface area (Å²) in [6, 6.07) is 15.1. The van der Waals surface area contributed by atoms with Crippen molar-refractivity contribution >= 4 is 40.0 Å². The zero-order chi connectivity index (χ0) is 19.5. The minimum Gasteiger partial charge on any atom is -0.482 e. The van der Waals surface area contributed by atoms with E-state index in [0.29, 0.717) is 16.6 Å². The Hall–Kier alpha value is -3.45. The first-order valence-electron chi connectivity index (χ1n) is 8.67. The molecule has 1 aliphatic rings. The molecular formula is C21H17N3O3S. The summed E-state index contributed by atoms with van der Waals surface area (Å²) >= 11 is 1.40. The van der Waals surface area contributed by atoms with Crippen LogP contribution >= 0.6 is 11.3 Å². The Morgan fingerprint density at radius 1 is 1.25 bits per heavy atom. The molecule has 4 rings (SSSR count). The number of fused-ring (bicyclic) bond motifs is 1. The standard InChI is InChI=1S/C21H17N3O3S/c1-13-20(15-8-9-17-16(11-15)22-19(26)12-27-17)24-21(28-13)23-18(25)10-7-14-5-3-2-4-6-14/h2-11H,12H2,1H3,(H,22,26)(H,23,24,25)/b10-7+. The molecule has 28 heavy (non-hydrogen) atoms. The van der Waals surface area contributed by atoms with Gasteiger partial charge in [0.25, 0.3) is 5.91 Å². The van der Waals surface area contributed by atoms with Crippen LogP contribution in [0.15, 0.2) is 54.6 Å². The first-order chi connectivity index (χ1) is 13.6. The smallest absolute Gasteiger partial charge is 0.262 e. The van der Waals surface area contributed by atoms with Gasteiger partial charge in [0.2, 0.25) is 5.91 Å². The summed E-state index contributed by atoms with van der Waals surface area (Å²) in [6.45, 7) is 1.96. The third-order valence-electron chi connectivity index (χ3n) is 4.14. The van der Waals surface area contributed by atoms with Gasteiger partial charge in [-0.15, -0.1) is 11.3 Å². The van der Waals surface area contributed by atoms with E-state index in [2.05, 4.69) is 15.6 Å². The van der Waals surface area contributed by atoms with E-state index in [0.717, 1.165) is 21.7 Å². The molecule has 2 heterocycles. The molecule has 0 bridgehead atoms. The van der Waals surface area contributed by atoms with Crippen LogP contribution in [0, 0.1) is 6.92 Å². The molecule has 2 N–H and O–H groups in total. The number of rotatable bonds is 4. The molecule has 0 unspecified atom stereocenters. The number of ether oxygens (including phenoxy) is 1. The third-order valence-corrected chi connectivity index (χ3v) is 5.03. The molecule has 0 saturated carbocycles. The second-order valence-electron chi connectivity index (χ2n) is 6.20. The number of aryl methyl sites for hydroxylation is 1. The summed E-state index contributed by atoms with van der Waals surface area (Å²) in [5.74, 6) is 0.212. The van der Waals surface area contributed by atoms with E-state index in [1.165, 1.54) is 17.4 Å². The van der Waals surface area contributed by atoms with E-state index in [1.807, 2.05) is 55.5 Å². The molecule has 7 heteroatoms. The molecule has 3 aromatic rings. The Bertz CT molecular complexity index is 1070. The van der Waals surface area contributed by atoms with Crippen LogP contribution in [-0.4, -0.2) is 23.4 Å². The second kappa shape index (κ2) is 7.66. The maximum atomic E-state index is 12.2. The summed E-state index contributed by atoms with van der Waals surface area (Å²) in [5.41, 5.74) is 3.18. The lowest BCUT2D eigenvalue weighted by atomic mass is 10.1. The van der Waals surface area contributed by atoms with Crippen LogP contribution in [0.25, 0.3) is 17.3 Å². The highest BCUT2D eigenvalue weighted by Crippen LogP contribution is 2.36. The summed E-state index contributed by atoms with van der Waals surface area (Å²) in [6.07, 6.45) is 3.24. The molecule has 0 fully saturated rings. The largest absolute Gasteiger partial charge is 0.482 e. The van der Waals surface area contributed by atoms with Crippen LogP contribution in [-0.2, 0) is 9.59 Å². The fraction of sp³-hybridized carbons (Fsp3) is 0.0952. The zero-order valence-electron chi connectivity index (χ0n) is 15.1. The SMILES string of the molecule is Cc1sc(NC(=O)/C=C/c2ccccc2)nc1-c1ccc2c(c1)NC(=O)CO2. The fourth-order valence-electron chi connectivity index (χ4n) is 2.83. The maximum Gasteiger partial charge on any atom is 0.262 e. The lowest BCUT2D eigenvalue weighted by Crippen LogP contribution is -2.25. The van der Waals surface area contributed by atoms with Crippen molar-refractivity contribution in [2.45, 2.75) is 6.92 Å². The molecule has 1 aliphatic heterocycles. The Kier molecular flexibility index (Phi) is 4.90. The third kappa shape index (κ3) is 3.94. The number of anilines is 2. The Morgan fingerprint density at radius 3 is 2.89 bits per heavy atom. The maximum absolute atomic E-state index is 12.2. The van der Waals surface area contributed by atoms with Crippen molar-refractivity contribution in [1.82, 2.24) is 4.98 Å². The average Bonchev–Trinajstić information content (AvgIpc) is 3.06. The lowest BCUT2D eigenvalue weighted by Gasteiger charge is -2.18. The molecule has 1 aromatic heterocycles. The van der Waals surface area contributed by atoms with Crippen molar-refractivity contribution in [3.63, 3.8) is 0 Å². The van der Waals surface area contributed by atoms with E-state index in [1.54, 1.807) is 6.08 Å². The molecule has 0 atom stereocenters. The number of carbonyl (C=O) groups is 2. The number of aromatic nitrogens is 1. The zero-order valence-corrected chi connectivity index (χ0v) is 15.9. The van der Waals surface area contributed by atoms with E-state index in [4.69, 9.17) is 4.74 Å². The number of hydrogen-bond donors (Lipinski definition) is 2. The molecule has 0 radical (unpaired) electrons. The van der Waals surface area contributed by atoms with Crippen LogP contribution in [0.1, 0.15) is 10.4 Å². The minimum absolute atomic E-state index is 0.0226. The van der Waals surface area contributed by atoms with Gasteiger partial charge >= 0.3 is 0 Å². The van der Waals surface area contributed by atoms with Gasteiger partial charge in [-0.25, -0.2) is 4.98 Å². The predicted octanol–water partition coefficient (Wildman–Crippen LogP) is 4.10. The second-order valence-corrected chi connectivity index (χ2v) is 7.41. The molecule has 6 nitrogen and oxygen atoms in total. The first-order valence-corrected chi connectivity index (χ1v) is 9.49. The van der Waals surface area contributed by atoms with Crippen LogP contribution in [0.4, 0.5) is 10.8 Å². The summed E-state index contributed by atoms with van der Waals surface area (Å²) in [7, 11) is 0. The number of hydrogen-bond acceptors (Lipinski definition) is 5. The van der Waals surface area contributed by atoms with Crippen molar-refractivity contribution in [1.29, 1.82) is 0 Å². The summed E-state index contributed by atoms with van der Waals surface area (Å²) in [4.78, 5) is 29.2. The molecule has 0 spiro atoms. The monoisotopic (exact) mass is 391 g/mol. The summed E-state index contributed by atoms with van der Waals surface area (Å²) in [5, 5.41) is 6.11. The topological polar surface area (TPSA) is 80.3 Å². The van der Waals surface area contributed by atoms with Crippen molar-refractivity contribution in [2.24, 2.45) is 0 Å². The molecule has 140 valence electrons. The normalized spacial score (nSPS) is 13.0. The number of nitrogens with zero attached hydrogens (tertiary/aromatic N) is 1. The van der Waals surface area contributed by atoms with Gasteiger partial charge in [0.05, 0.1) is 11.4 Å². The van der Waals surface area contributed by atoms with E-state index in [9.17, 15) is 9.59 Å². The molecule has 0 saturated heterocycles. The molecule has 2 aromatic carbocycles. The van der Waals surface area contributed by atoms with Gasteiger partial charge in [0.1, 0.15) is 5.75 Å². The minimum atomic E-state index is -0.241. The van der Waals surface area contributed by atoms with E-state index < -0.39 is 0 Å². The lowest BCUT2D eigenvalue weighted by molar-refractivity contribution is -0.118. The highest BCUT2D eigenvalue weighted by Gasteiger charge is 2.18. The van der Waals surface area contributed by atoms with Crippen LogP contribution in [0.5, 0.6) is 5.75 Å². The Balaban J connectivity index is 1.51. The molecule has 0 aliphatic carbocycles. The summed E-state index contributed by atoms with van der Waals surface area (Å²) < 4.78 is 5.38. The average molecular weight is 391 g/mol. The Labute approximate surface area is 165 Å². The van der Waals surface area contributed by atoms with Gasteiger partial charge in [-0.2, -0.15) is 0 Å². The predicted molar refractivity (Wildman–Crippen MR) is 111 cm³/mol. The van der Waals surface area contributed by atoms with Gasteiger partial charge in [-0.3, -0.25) is 14.9 Å². The van der Waals surface area contributed by atoms with Gasteiger partial charge < -0.3 is 10.1 Å². The van der Waals surface area contributed by atoms with Crippen LogP contribution in [0.2, 0.25) is 0 Å². The van der Waals surface area contributed by atoms with E-state index >= 15 is 0 Å². The van der Waals surface area contributed by atoms with Crippen molar-refractivity contribution in [2.75, 3.05) is 17.2 Å². The van der Waals surface area contributed by atoms with Crippen LogP contribution < -0.4 is 15.4 Å². The number of amides is 2. The van der Waals surface area contributed by atoms with E-state index in [-0.39, 0.29) is 18.4 Å². The van der Waals surface area contributed by atoms with Crippen molar-refractivity contribution in [3.8, 4) is 17.0 Å². The fourth-order valence-corrected chi connectivity index (χ4v) is 3.67. The number of nitrogens with one attached hydrogen (secondary N) is 2. The highest BCUT2D eigenvalue weighted by atomic mass is 32.1. The van der Waals surface area contributed by atoms with Gasteiger partial charge in [-0.05, 0) is 36.8 Å². The van der Waals surface area contributed by atoms with Crippen LogP contribution in [0.3, 0.4) is 0 Å². The molecular weight excluding hydrogens is 374 g/mol. The first kappa shape index (κ1) is 17.9. The quantitative estimate of drug-likeness (QED) is 0.656. The van der Waals surface area contributed by atoms with Gasteiger partial charge in [-0.1, -0.05) is 30.3 Å².